The topological polar surface area (TPSA) is 66.6 Å². The van der Waals surface area contributed by atoms with Gasteiger partial charge < -0.3 is 10.8 Å². The molecule has 0 bridgehead atoms. The zero-order valence-electron chi connectivity index (χ0n) is 10.0. The van der Waals surface area contributed by atoms with Gasteiger partial charge in [-0.05, 0) is 31.2 Å². The molecule has 1 rings (SSSR count). The van der Waals surface area contributed by atoms with Crippen LogP contribution in [0.2, 0.25) is 0 Å². The molecule has 1 aromatic rings. The standard InChI is InChI=1S/C12H17BrN2O2/c1-3-15(7-11(14)16)6-9-5-10(13)4-8(2)12(9)17/h4-5,17H,3,6-7H2,1-2H3,(H2,14,16). The molecular weight excluding hydrogens is 284 g/mol. The monoisotopic (exact) mass is 300 g/mol. The number of amides is 1. The van der Waals surface area contributed by atoms with Crippen molar-refractivity contribution in [3.63, 3.8) is 0 Å². The van der Waals surface area contributed by atoms with Gasteiger partial charge in [0, 0.05) is 16.6 Å². The number of nitrogens with zero attached hydrogens (tertiary/aromatic N) is 1. The fourth-order valence-corrected chi connectivity index (χ4v) is 2.29. The third-order valence-corrected chi connectivity index (χ3v) is 3.02. The molecule has 0 aliphatic rings. The number of primary amides is 1. The molecule has 0 fully saturated rings. The first-order chi connectivity index (χ1) is 7.93. The van der Waals surface area contributed by atoms with Gasteiger partial charge in [-0.25, -0.2) is 0 Å². The predicted octanol–water partition coefficient (Wildman–Crippen LogP) is 1.77. The minimum absolute atomic E-state index is 0.196. The number of likely N-dealkylation sites (N-methyl/N-ethyl adjacent to an activating group) is 1. The zero-order valence-corrected chi connectivity index (χ0v) is 11.6. The van der Waals surface area contributed by atoms with Crippen molar-refractivity contribution >= 4 is 21.8 Å². The first-order valence-corrected chi connectivity index (χ1v) is 6.22. The third kappa shape index (κ3) is 4.02. The molecule has 0 saturated heterocycles. The van der Waals surface area contributed by atoms with E-state index in [0.29, 0.717) is 13.1 Å². The van der Waals surface area contributed by atoms with Gasteiger partial charge in [0.2, 0.25) is 5.91 Å². The van der Waals surface area contributed by atoms with Crippen LogP contribution in [0.3, 0.4) is 0 Å². The normalized spacial score (nSPS) is 10.8. The molecule has 0 aromatic heterocycles. The molecule has 17 heavy (non-hydrogen) atoms. The lowest BCUT2D eigenvalue weighted by Gasteiger charge is -2.19. The van der Waals surface area contributed by atoms with Gasteiger partial charge >= 0.3 is 0 Å². The van der Waals surface area contributed by atoms with E-state index in [-0.39, 0.29) is 18.2 Å². The van der Waals surface area contributed by atoms with Crippen LogP contribution >= 0.6 is 15.9 Å². The van der Waals surface area contributed by atoms with E-state index < -0.39 is 0 Å². The number of hydrogen-bond donors (Lipinski definition) is 2. The average molecular weight is 301 g/mol. The number of benzene rings is 1. The van der Waals surface area contributed by atoms with Crippen LogP contribution < -0.4 is 5.73 Å². The van der Waals surface area contributed by atoms with Crippen molar-refractivity contribution in [2.75, 3.05) is 13.1 Å². The van der Waals surface area contributed by atoms with Gasteiger partial charge in [0.1, 0.15) is 5.75 Å². The lowest BCUT2D eigenvalue weighted by Crippen LogP contribution is -2.33. The highest BCUT2D eigenvalue weighted by Crippen LogP contribution is 2.27. The summed E-state index contributed by atoms with van der Waals surface area (Å²) < 4.78 is 0.915. The summed E-state index contributed by atoms with van der Waals surface area (Å²) in [5.74, 6) is -0.0887. The Morgan fingerprint density at radius 2 is 2.18 bits per heavy atom. The zero-order chi connectivity index (χ0) is 13.0. The molecular formula is C12H17BrN2O2. The maximum Gasteiger partial charge on any atom is 0.231 e. The molecule has 4 nitrogen and oxygen atoms in total. The number of nitrogens with two attached hydrogens (primary N) is 1. The van der Waals surface area contributed by atoms with Crippen molar-refractivity contribution in [1.82, 2.24) is 4.90 Å². The Labute approximate surface area is 110 Å². The number of halogens is 1. The van der Waals surface area contributed by atoms with E-state index in [1.54, 1.807) is 0 Å². The lowest BCUT2D eigenvalue weighted by atomic mass is 10.1. The molecule has 1 aromatic carbocycles. The van der Waals surface area contributed by atoms with E-state index in [4.69, 9.17) is 5.73 Å². The van der Waals surface area contributed by atoms with Crippen LogP contribution in [-0.4, -0.2) is 29.0 Å². The molecule has 1 amide bonds. The first kappa shape index (κ1) is 14.0. The lowest BCUT2D eigenvalue weighted by molar-refractivity contribution is -0.119. The summed E-state index contributed by atoms with van der Waals surface area (Å²) in [6, 6.07) is 3.70. The number of aryl methyl sites for hydroxylation is 1. The fraction of sp³-hybridized carbons (Fsp3) is 0.417. The number of phenols is 1. The molecule has 94 valence electrons. The van der Waals surface area contributed by atoms with E-state index in [9.17, 15) is 9.90 Å². The van der Waals surface area contributed by atoms with Crippen molar-refractivity contribution in [3.8, 4) is 5.75 Å². The fourth-order valence-electron chi connectivity index (χ4n) is 1.67. The highest BCUT2D eigenvalue weighted by atomic mass is 79.9. The maximum absolute atomic E-state index is 10.9. The molecule has 0 heterocycles. The summed E-state index contributed by atoms with van der Waals surface area (Å²) in [4.78, 5) is 12.8. The molecule has 0 saturated carbocycles. The summed E-state index contributed by atoms with van der Waals surface area (Å²) in [6.45, 7) is 5.19. The van der Waals surface area contributed by atoms with E-state index in [1.165, 1.54) is 0 Å². The summed E-state index contributed by atoms with van der Waals surface area (Å²) in [6.07, 6.45) is 0. The SMILES string of the molecule is CCN(CC(N)=O)Cc1cc(Br)cc(C)c1O. The molecule has 5 heteroatoms. The second-order valence-electron chi connectivity index (χ2n) is 4.00. The molecule has 0 unspecified atom stereocenters. The Morgan fingerprint density at radius 3 is 2.71 bits per heavy atom. The van der Waals surface area contributed by atoms with E-state index in [2.05, 4.69) is 15.9 Å². The number of carbonyl (C=O) groups is 1. The van der Waals surface area contributed by atoms with Crippen LogP contribution in [-0.2, 0) is 11.3 Å². The van der Waals surface area contributed by atoms with Gasteiger partial charge in [0.15, 0.2) is 0 Å². The Balaban J connectivity index is 2.89. The summed E-state index contributed by atoms with van der Waals surface area (Å²) >= 11 is 3.39. The number of aromatic hydroxyl groups is 1. The molecule has 0 aliphatic carbocycles. The van der Waals surface area contributed by atoms with Gasteiger partial charge in [-0.1, -0.05) is 22.9 Å². The van der Waals surface area contributed by atoms with Gasteiger partial charge in [0.25, 0.3) is 0 Å². The molecule has 0 aliphatic heterocycles. The number of hydrogen-bond acceptors (Lipinski definition) is 3. The number of carbonyl (C=O) groups excluding carboxylic acids is 1. The van der Waals surface area contributed by atoms with Crippen LogP contribution in [0.1, 0.15) is 18.1 Å². The summed E-state index contributed by atoms with van der Waals surface area (Å²) in [5, 5.41) is 9.94. The van der Waals surface area contributed by atoms with Gasteiger partial charge in [-0.15, -0.1) is 0 Å². The van der Waals surface area contributed by atoms with E-state index in [1.807, 2.05) is 30.9 Å². The Kier molecular flexibility index (Phi) is 4.96. The average Bonchev–Trinajstić information content (AvgIpc) is 2.23. The largest absolute Gasteiger partial charge is 0.507 e. The number of rotatable bonds is 5. The molecule has 0 radical (unpaired) electrons. The van der Waals surface area contributed by atoms with Crippen LogP contribution in [0.25, 0.3) is 0 Å². The van der Waals surface area contributed by atoms with Crippen LogP contribution in [0.5, 0.6) is 5.75 Å². The quantitative estimate of drug-likeness (QED) is 0.871. The van der Waals surface area contributed by atoms with E-state index in [0.717, 1.165) is 15.6 Å². The second kappa shape index (κ2) is 6.02. The van der Waals surface area contributed by atoms with Gasteiger partial charge in [-0.2, -0.15) is 0 Å². The summed E-state index contributed by atoms with van der Waals surface area (Å²) in [5.41, 5.74) is 6.77. The van der Waals surface area contributed by atoms with Crippen LogP contribution in [0.4, 0.5) is 0 Å². The van der Waals surface area contributed by atoms with Crippen molar-refractivity contribution in [2.24, 2.45) is 5.73 Å². The molecule has 0 spiro atoms. The Bertz CT molecular complexity index is 421. The summed E-state index contributed by atoms with van der Waals surface area (Å²) in [7, 11) is 0. The van der Waals surface area contributed by atoms with Gasteiger partial charge in [-0.3, -0.25) is 9.69 Å². The molecule has 3 N–H and O–H groups in total. The van der Waals surface area contributed by atoms with Crippen LogP contribution in [0, 0.1) is 6.92 Å². The maximum atomic E-state index is 10.9. The Hall–Kier alpha value is -1.07. The van der Waals surface area contributed by atoms with Crippen molar-refractivity contribution < 1.29 is 9.90 Å². The van der Waals surface area contributed by atoms with E-state index >= 15 is 0 Å². The first-order valence-electron chi connectivity index (χ1n) is 5.42. The van der Waals surface area contributed by atoms with Crippen LogP contribution in [0.15, 0.2) is 16.6 Å². The minimum Gasteiger partial charge on any atom is -0.507 e. The highest BCUT2D eigenvalue weighted by molar-refractivity contribution is 9.10. The van der Waals surface area contributed by atoms with Gasteiger partial charge in [0.05, 0.1) is 6.54 Å². The van der Waals surface area contributed by atoms with Crippen molar-refractivity contribution in [2.45, 2.75) is 20.4 Å². The molecule has 0 atom stereocenters. The predicted molar refractivity (Wildman–Crippen MR) is 70.7 cm³/mol. The van der Waals surface area contributed by atoms with Crippen molar-refractivity contribution in [3.05, 3.63) is 27.7 Å². The second-order valence-corrected chi connectivity index (χ2v) is 4.92. The highest BCUT2D eigenvalue weighted by Gasteiger charge is 2.12. The smallest absolute Gasteiger partial charge is 0.231 e. The van der Waals surface area contributed by atoms with Crippen molar-refractivity contribution in [1.29, 1.82) is 0 Å². The third-order valence-electron chi connectivity index (χ3n) is 2.56. The number of phenolic OH excluding ortho intramolecular Hbond substituents is 1. The Morgan fingerprint density at radius 1 is 1.53 bits per heavy atom. The minimum atomic E-state index is -0.363.